The second-order valence-corrected chi connectivity index (χ2v) is 6.68. The molecule has 0 bridgehead atoms. The summed E-state index contributed by atoms with van der Waals surface area (Å²) < 4.78 is 4.49. The van der Waals surface area contributed by atoms with E-state index in [0.29, 0.717) is 21.4 Å². The van der Waals surface area contributed by atoms with Crippen LogP contribution in [-0.4, -0.2) is 25.5 Å². The maximum Gasteiger partial charge on any atom is 0.325 e. The van der Waals surface area contributed by atoms with Gasteiger partial charge in [-0.2, -0.15) is 0 Å². The van der Waals surface area contributed by atoms with Crippen LogP contribution in [0.4, 0.5) is 0 Å². The van der Waals surface area contributed by atoms with Gasteiger partial charge in [0.1, 0.15) is 6.54 Å². The van der Waals surface area contributed by atoms with Gasteiger partial charge in [-0.3, -0.25) is 9.59 Å². The van der Waals surface area contributed by atoms with Crippen LogP contribution in [0.2, 0.25) is 10.0 Å². The predicted molar refractivity (Wildman–Crippen MR) is 96.8 cm³/mol. The van der Waals surface area contributed by atoms with E-state index in [1.54, 1.807) is 30.3 Å². The SMILES string of the molecule is COC(=O)CNC(=O)c1cccc(CSc2cc(Cl)ccc2Cl)c1. The first-order valence-corrected chi connectivity index (χ1v) is 8.75. The average Bonchev–Trinajstić information content (AvgIpc) is 2.60. The molecular weight excluding hydrogens is 369 g/mol. The molecule has 0 unspecified atom stereocenters. The normalized spacial score (nSPS) is 10.3. The second-order valence-electron chi connectivity index (χ2n) is 4.82. The zero-order chi connectivity index (χ0) is 17.5. The zero-order valence-electron chi connectivity index (χ0n) is 12.8. The standard InChI is InChI=1S/C17H15Cl2NO3S/c1-23-16(21)9-20-17(22)12-4-2-3-11(7-12)10-24-15-8-13(18)5-6-14(15)19/h2-8H,9-10H2,1H3,(H,20,22). The largest absolute Gasteiger partial charge is 0.468 e. The highest BCUT2D eigenvalue weighted by atomic mass is 35.5. The molecule has 0 spiro atoms. The predicted octanol–water partition coefficient (Wildman–Crippen LogP) is 4.19. The van der Waals surface area contributed by atoms with Crippen molar-refractivity contribution in [2.75, 3.05) is 13.7 Å². The summed E-state index contributed by atoms with van der Waals surface area (Å²) in [5.41, 5.74) is 1.44. The molecule has 1 N–H and O–H groups in total. The lowest BCUT2D eigenvalue weighted by molar-refractivity contribution is -0.139. The van der Waals surface area contributed by atoms with Crippen molar-refractivity contribution in [2.24, 2.45) is 0 Å². The molecular formula is C17H15Cl2NO3S. The summed E-state index contributed by atoms with van der Waals surface area (Å²) in [5.74, 6) is -0.184. The van der Waals surface area contributed by atoms with Gasteiger partial charge in [0.05, 0.1) is 12.1 Å². The number of rotatable bonds is 6. The van der Waals surface area contributed by atoms with Gasteiger partial charge in [0.15, 0.2) is 0 Å². The van der Waals surface area contributed by atoms with Gasteiger partial charge >= 0.3 is 5.97 Å². The maximum absolute atomic E-state index is 12.0. The van der Waals surface area contributed by atoms with Gasteiger partial charge in [-0.15, -0.1) is 11.8 Å². The van der Waals surface area contributed by atoms with Crippen molar-refractivity contribution < 1.29 is 14.3 Å². The van der Waals surface area contributed by atoms with E-state index in [-0.39, 0.29) is 12.5 Å². The minimum atomic E-state index is -0.495. The molecule has 0 atom stereocenters. The van der Waals surface area contributed by atoms with E-state index in [1.165, 1.54) is 18.9 Å². The quantitative estimate of drug-likeness (QED) is 0.600. The molecule has 0 saturated heterocycles. The molecule has 126 valence electrons. The van der Waals surface area contributed by atoms with Crippen molar-refractivity contribution in [3.63, 3.8) is 0 Å². The van der Waals surface area contributed by atoms with Crippen LogP contribution >= 0.6 is 35.0 Å². The number of esters is 1. The second kappa shape index (κ2) is 8.97. The number of benzene rings is 2. The lowest BCUT2D eigenvalue weighted by Gasteiger charge is -2.07. The minimum absolute atomic E-state index is 0.160. The van der Waals surface area contributed by atoms with Crippen molar-refractivity contribution >= 4 is 46.8 Å². The van der Waals surface area contributed by atoms with Crippen LogP contribution in [0.1, 0.15) is 15.9 Å². The highest BCUT2D eigenvalue weighted by Crippen LogP contribution is 2.32. The number of amides is 1. The van der Waals surface area contributed by atoms with Crippen molar-refractivity contribution in [3.8, 4) is 0 Å². The first-order valence-electron chi connectivity index (χ1n) is 7.01. The number of ether oxygens (including phenoxy) is 1. The first-order chi connectivity index (χ1) is 11.5. The van der Waals surface area contributed by atoms with E-state index >= 15 is 0 Å². The summed E-state index contributed by atoms with van der Waals surface area (Å²) in [4.78, 5) is 24.0. The average molecular weight is 384 g/mol. The van der Waals surface area contributed by atoms with Crippen molar-refractivity contribution in [2.45, 2.75) is 10.6 Å². The summed E-state index contributed by atoms with van der Waals surface area (Å²) in [6.45, 7) is -0.160. The number of methoxy groups -OCH3 is 1. The Balaban J connectivity index is 2.01. The Hall–Kier alpha value is -1.69. The van der Waals surface area contributed by atoms with Crippen molar-refractivity contribution in [1.82, 2.24) is 5.32 Å². The topological polar surface area (TPSA) is 55.4 Å². The number of thioether (sulfide) groups is 1. The fourth-order valence-electron chi connectivity index (χ4n) is 1.88. The van der Waals surface area contributed by atoms with Gasteiger partial charge in [0.2, 0.25) is 0 Å². The summed E-state index contributed by atoms with van der Waals surface area (Å²) in [7, 11) is 1.27. The van der Waals surface area contributed by atoms with Crippen LogP contribution in [-0.2, 0) is 15.3 Å². The van der Waals surface area contributed by atoms with E-state index < -0.39 is 5.97 Å². The Kier molecular flexibility index (Phi) is 6.97. The van der Waals surface area contributed by atoms with Gasteiger partial charge < -0.3 is 10.1 Å². The molecule has 0 saturated carbocycles. The van der Waals surface area contributed by atoms with Gasteiger partial charge in [0.25, 0.3) is 5.91 Å². The fraction of sp³-hybridized carbons (Fsp3) is 0.176. The molecule has 0 radical (unpaired) electrons. The van der Waals surface area contributed by atoms with E-state index in [0.717, 1.165) is 10.5 Å². The van der Waals surface area contributed by atoms with Crippen LogP contribution in [0.15, 0.2) is 47.4 Å². The van der Waals surface area contributed by atoms with E-state index in [1.807, 2.05) is 12.1 Å². The van der Waals surface area contributed by atoms with Gasteiger partial charge in [-0.05, 0) is 35.9 Å². The highest BCUT2D eigenvalue weighted by molar-refractivity contribution is 7.98. The molecule has 0 aliphatic heterocycles. The number of carbonyl (C=O) groups is 2. The summed E-state index contributed by atoms with van der Waals surface area (Å²) in [6.07, 6.45) is 0. The van der Waals surface area contributed by atoms with Gasteiger partial charge in [0, 0.05) is 21.2 Å². The summed E-state index contributed by atoms with van der Waals surface area (Å²) >= 11 is 13.7. The molecule has 0 fully saturated rings. The lowest BCUT2D eigenvalue weighted by Crippen LogP contribution is -2.30. The van der Waals surface area contributed by atoms with Crippen LogP contribution in [0, 0.1) is 0 Å². The fourth-order valence-corrected chi connectivity index (χ4v) is 3.31. The highest BCUT2D eigenvalue weighted by Gasteiger charge is 2.09. The Morgan fingerprint density at radius 2 is 1.96 bits per heavy atom. The molecule has 7 heteroatoms. The molecule has 2 rings (SSSR count). The minimum Gasteiger partial charge on any atom is -0.468 e. The molecule has 0 aliphatic rings. The molecule has 0 aliphatic carbocycles. The van der Waals surface area contributed by atoms with Crippen LogP contribution in [0.5, 0.6) is 0 Å². The summed E-state index contributed by atoms with van der Waals surface area (Å²) in [5, 5.41) is 3.77. The Labute approximate surface area is 154 Å². The molecule has 2 aromatic rings. The smallest absolute Gasteiger partial charge is 0.325 e. The molecule has 0 heterocycles. The first kappa shape index (κ1) is 18.6. The number of halogens is 2. The van der Waals surface area contributed by atoms with E-state index in [4.69, 9.17) is 23.2 Å². The Morgan fingerprint density at radius 3 is 2.71 bits per heavy atom. The molecule has 4 nitrogen and oxygen atoms in total. The van der Waals surface area contributed by atoms with E-state index in [2.05, 4.69) is 10.1 Å². The number of hydrogen-bond acceptors (Lipinski definition) is 4. The van der Waals surface area contributed by atoms with Crippen molar-refractivity contribution in [1.29, 1.82) is 0 Å². The van der Waals surface area contributed by atoms with Crippen LogP contribution in [0.25, 0.3) is 0 Å². The molecule has 0 aromatic heterocycles. The van der Waals surface area contributed by atoms with Gasteiger partial charge in [-0.25, -0.2) is 0 Å². The lowest BCUT2D eigenvalue weighted by atomic mass is 10.1. The van der Waals surface area contributed by atoms with E-state index in [9.17, 15) is 9.59 Å². The Morgan fingerprint density at radius 1 is 1.17 bits per heavy atom. The number of hydrogen-bond donors (Lipinski definition) is 1. The van der Waals surface area contributed by atoms with Crippen LogP contribution < -0.4 is 5.32 Å². The third-order valence-corrected chi connectivity index (χ3v) is 4.90. The number of nitrogens with one attached hydrogen (secondary N) is 1. The third-order valence-electron chi connectivity index (χ3n) is 3.10. The molecule has 1 amide bonds. The Bertz CT molecular complexity index is 752. The van der Waals surface area contributed by atoms with Crippen LogP contribution in [0.3, 0.4) is 0 Å². The maximum atomic E-state index is 12.0. The molecule has 2 aromatic carbocycles. The van der Waals surface area contributed by atoms with Crippen molar-refractivity contribution in [3.05, 3.63) is 63.6 Å². The monoisotopic (exact) mass is 383 g/mol. The number of carbonyl (C=O) groups excluding carboxylic acids is 2. The van der Waals surface area contributed by atoms with Gasteiger partial charge in [-0.1, -0.05) is 35.3 Å². The summed E-state index contributed by atoms with van der Waals surface area (Å²) in [6, 6.07) is 12.5. The third kappa shape index (κ3) is 5.44. The zero-order valence-corrected chi connectivity index (χ0v) is 15.2. The molecule has 24 heavy (non-hydrogen) atoms.